The second-order valence-electron chi connectivity index (χ2n) is 4.67. The molecule has 1 N–H and O–H groups in total. The molecule has 0 fully saturated rings. The van der Waals surface area contributed by atoms with Gasteiger partial charge in [-0.15, -0.1) is 0 Å². The number of nitrogens with one attached hydrogen (secondary N) is 1. The summed E-state index contributed by atoms with van der Waals surface area (Å²) in [5, 5.41) is 3.63. The van der Waals surface area contributed by atoms with E-state index in [1.807, 2.05) is 0 Å². The van der Waals surface area contributed by atoms with Crippen LogP contribution in [-0.4, -0.2) is 12.1 Å². The topological polar surface area (TPSA) is 12.0 Å². The van der Waals surface area contributed by atoms with Crippen LogP contribution in [0.2, 0.25) is 0 Å². The van der Waals surface area contributed by atoms with Gasteiger partial charge in [-0.3, -0.25) is 0 Å². The number of benzene rings is 1. The van der Waals surface area contributed by atoms with E-state index in [0.29, 0.717) is 12.1 Å². The van der Waals surface area contributed by atoms with E-state index in [-0.39, 0.29) is 0 Å². The average Bonchev–Trinajstić information content (AvgIpc) is 2.16. The van der Waals surface area contributed by atoms with E-state index in [4.69, 9.17) is 0 Å². The minimum atomic E-state index is 0.587. The zero-order valence-electron chi connectivity index (χ0n) is 9.39. The van der Waals surface area contributed by atoms with Gasteiger partial charge in [0, 0.05) is 16.6 Å². The molecular formula is C13H18BrN. The molecule has 0 saturated heterocycles. The van der Waals surface area contributed by atoms with Crippen molar-refractivity contribution in [2.75, 3.05) is 0 Å². The van der Waals surface area contributed by atoms with E-state index in [2.05, 4.69) is 53.3 Å². The van der Waals surface area contributed by atoms with Crippen molar-refractivity contribution in [1.29, 1.82) is 0 Å². The predicted molar refractivity (Wildman–Crippen MR) is 68.2 cm³/mol. The second kappa shape index (κ2) is 4.67. The Labute approximate surface area is 100 Å². The number of rotatable bonds is 2. The molecule has 82 valence electrons. The van der Waals surface area contributed by atoms with Gasteiger partial charge in [0.2, 0.25) is 0 Å². The lowest BCUT2D eigenvalue weighted by atomic mass is 9.88. The van der Waals surface area contributed by atoms with Crippen LogP contribution in [0.5, 0.6) is 0 Å². The van der Waals surface area contributed by atoms with E-state index in [0.717, 1.165) is 0 Å². The highest BCUT2D eigenvalue weighted by Gasteiger charge is 2.18. The molecule has 1 atom stereocenters. The molecule has 0 aromatic heterocycles. The molecule has 2 rings (SSSR count). The molecule has 2 heteroatoms. The summed E-state index contributed by atoms with van der Waals surface area (Å²) in [6.07, 6.45) is 3.66. The molecule has 0 saturated carbocycles. The van der Waals surface area contributed by atoms with E-state index >= 15 is 0 Å². The molecule has 1 aliphatic rings. The zero-order valence-corrected chi connectivity index (χ0v) is 11.0. The summed E-state index contributed by atoms with van der Waals surface area (Å²) in [6, 6.07) is 7.92. The van der Waals surface area contributed by atoms with Crippen molar-refractivity contribution < 1.29 is 0 Å². The third-order valence-corrected chi connectivity index (χ3v) is 3.46. The molecule has 1 nitrogen and oxygen atoms in total. The Balaban J connectivity index is 2.11. The summed E-state index contributed by atoms with van der Waals surface area (Å²) >= 11 is 3.54. The predicted octanol–water partition coefficient (Wildman–Crippen LogP) is 3.30. The molecule has 1 aromatic carbocycles. The van der Waals surface area contributed by atoms with E-state index in [1.54, 1.807) is 0 Å². The van der Waals surface area contributed by atoms with Gasteiger partial charge < -0.3 is 5.32 Å². The van der Waals surface area contributed by atoms with E-state index in [9.17, 15) is 0 Å². The third-order valence-electron chi connectivity index (χ3n) is 2.97. The van der Waals surface area contributed by atoms with Crippen LogP contribution >= 0.6 is 15.9 Å². The van der Waals surface area contributed by atoms with Crippen molar-refractivity contribution in [2.45, 2.75) is 45.2 Å². The quantitative estimate of drug-likeness (QED) is 0.867. The van der Waals surface area contributed by atoms with Gasteiger partial charge in [-0.2, -0.15) is 0 Å². The number of hydrogen-bond donors (Lipinski definition) is 1. The van der Waals surface area contributed by atoms with Gasteiger partial charge in [-0.1, -0.05) is 35.8 Å². The van der Waals surface area contributed by atoms with Gasteiger partial charge in [-0.25, -0.2) is 0 Å². The zero-order chi connectivity index (χ0) is 10.8. The molecule has 1 aliphatic carbocycles. The first kappa shape index (κ1) is 11.2. The van der Waals surface area contributed by atoms with Gasteiger partial charge in [0.05, 0.1) is 0 Å². The highest BCUT2D eigenvalue weighted by atomic mass is 79.9. The van der Waals surface area contributed by atoms with Crippen molar-refractivity contribution >= 4 is 15.9 Å². The smallest absolute Gasteiger partial charge is 0.0178 e. The Kier molecular flexibility index (Phi) is 3.47. The van der Waals surface area contributed by atoms with Gasteiger partial charge in [0.15, 0.2) is 0 Å². The van der Waals surface area contributed by atoms with Gasteiger partial charge in [-0.05, 0) is 42.5 Å². The maximum atomic E-state index is 3.63. The molecule has 0 radical (unpaired) electrons. The highest BCUT2D eigenvalue weighted by molar-refractivity contribution is 9.10. The monoisotopic (exact) mass is 267 g/mol. The summed E-state index contributed by atoms with van der Waals surface area (Å²) < 4.78 is 1.20. The molecule has 15 heavy (non-hydrogen) atoms. The Morgan fingerprint density at radius 3 is 2.87 bits per heavy atom. The molecule has 0 bridgehead atoms. The maximum Gasteiger partial charge on any atom is 0.0178 e. The summed E-state index contributed by atoms with van der Waals surface area (Å²) in [5.41, 5.74) is 3.04. The van der Waals surface area contributed by atoms with Gasteiger partial charge in [0.1, 0.15) is 0 Å². The summed E-state index contributed by atoms with van der Waals surface area (Å²) in [5.74, 6) is 0. The fourth-order valence-corrected chi connectivity index (χ4v) is 2.75. The first-order valence-corrected chi connectivity index (χ1v) is 6.48. The highest BCUT2D eigenvalue weighted by Crippen LogP contribution is 2.24. The van der Waals surface area contributed by atoms with Crippen LogP contribution in [0.25, 0.3) is 0 Å². The van der Waals surface area contributed by atoms with Crippen molar-refractivity contribution in [2.24, 2.45) is 0 Å². The lowest BCUT2D eigenvalue weighted by Gasteiger charge is -2.27. The Bertz CT molecular complexity index is 346. The number of halogens is 1. The number of hydrogen-bond acceptors (Lipinski definition) is 1. The van der Waals surface area contributed by atoms with Crippen molar-refractivity contribution in [3.8, 4) is 0 Å². The normalized spacial score (nSPS) is 20.4. The fourth-order valence-electron chi connectivity index (χ4n) is 2.34. The largest absolute Gasteiger partial charge is 0.311 e. The first-order valence-electron chi connectivity index (χ1n) is 5.68. The summed E-state index contributed by atoms with van der Waals surface area (Å²) in [6.45, 7) is 4.44. The average molecular weight is 268 g/mol. The number of aryl methyl sites for hydroxylation is 1. The molecule has 1 unspecified atom stereocenters. The molecule has 0 heterocycles. The Hall–Kier alpha value is -0.340. The molecule has 1 aromatic rings. The summed E-state index contributed by atoms with van der Waals surface area (Å²) in [7, 11) is 0. The van der Waals surface area contributed by atoms with Crippen LogP contribution < -0.4 is 5.32 Å². The standard InChI is InChI=1S/C13H18BrN/c1-9(2)15-13-6-4-10-3-5-12(14)7-11(10)8-13/h3,5,7,9,13,15H,4,6,8H2,1-2H3. The maximum absolute atomic E-state index is 3.63. The van der Waals surface area contributed by atoms with Crippen LogP contribution in [0.1, 0.15) is 31.4 Å². The van der Waals surface area contributed by atoms with Crippen LogP contribution in [0.4, 0.5) is 0 Å². The van der Waals surface area contributed by atoms with Crippen LogP contribution in [0.15, 0.2) is 22.7 Å². The minimum absolute atomic E-state index is 0.587. The van der Waals surface area contributed by atoms with Crippen molar-refractivity contribution in [3.63, 3.8) is 0 Å². The fraction of sp³-hybridized carbons (Fsp3) is 0.538. The van der Waals surface area contributed by atoms with E-state index in [1.165, 1.54) is 34.9 Å². The van der Waals surface area contributed by atoms with Crippen LogP contribution in [-0.2, 0) is 12.8 Å². The lowest BCUT2D eigenvalue weighted by molar-refractivity contribution is 0.421. The molecule has 0 spiro atoms. The SMILES string of the molecule is CC(C)NC1CCc2ccc(Br)cc2C1. The van der Waals surface area contributed by atoms with Crippen LogP contribution in [0.3, 0.4) is 0 Å². The molecular weight excluding hydrogens is 250 g/mol. The van der Waals surface area contributed by atoms with E-state index < -0.39 is 0 Å². The summed E-state index contributed by atoms with van der Waals surface area (Å²) in [4.78, 5) is 0. The van der Waals surface area contributed by atoms with Crippen molar-refractivity contribution in [1.82, 2.24) is 5.32 Å². The van der Waals surface area contributed by atoms with Crippen molar-refractivity contribution in [3.05, 3.63) is 33.8 Å². The second-order valence-corrected chi connectivity index (χ2v) is 5.59. The van der Waals surface area contributed by atoms with Crippen LogP contribution in [0, 0.1) is 0 Å². The lowest BCUT2D eigenvalue weighted by Crippen LogP contribution is -2.38. The Morgan fingerprint density at radius 1 is 1.33 bits per heavy atom. The molecule has 0 aliphatic heterocycles. The number of fused-ring (bicyclic) bond motifs is 1. The molecule has 0 amide bonds. The van der Waals surface area contributed by atoms with Gasteiger partial charge in [0.25, 0.3) is 0 Å². The Morgan fingerprint density at radius 2 is 2.13 bits per heavy atom. The van der Waals surface area contributed by atoms with Gasteiger partial charge >= 0.3 is 0 Å². The third kappa shape index (κ3) is 2.82. The minimum Gasteiger partial charge on any atom is -0.311 e. The first-order chi connectivity index (χ1) is 7.15.